The zero-order chi connectivity index (χ0) is 16.4. The highest BCUT2D eigenvalue weighted by molar-refractivity contribution is 7.16. The van der Waals surface area contributed by atoms with Gasteiger partial charge in [-0.2, -0.15) is 0 Å². The summed E-state index contributed by atoms with van der Waals surface area (Å²) in [5.41, 5.74) is 3.44. The minimum Gasteiger partial charge on any atom is -0.286 e. The Kier molecular flexibility index (Phi) is 4.83. The summed E-state index contributed by atoms with van der Waals surface area (Å²) >= 11 is 1.75. The molecule has 3 rings (SSSR count). The molecule has 0 aliphatic carbocycles. The van der Waals surface area contributed by atoms with Crippen LogP contribution in [-0.4, -0.2) is 24.0 Å². The Hall–Kier alpha value is -1.65. The van der Waals surface area contributed by atoms with Gasteiger partial charge < -0.3 is 0 Å². The van der Waals surface area contributed by atoms with Gasteiger partial charge in [0.25, 0.3) is 5.91 Å². The molecule has 2 heterocycles. The molecule has 0 fully saturated rings. The molecule has 0 radical (unpaired) electrons. The first kappa shape index (κ1) is 16.2. The molecule has 0 saturated carbocycles. The van der Waals surface area contributed by atoms with E-state index in [2.05, 4.69) is 25.7 Å². The number of nitrogens with zero attached hydrogens (tertiary/aromatic N) is 2. The van der Waals surface area contributed by atoms with Gasteiger partial charge in [0.2, 0.25) is 0 Å². The van der Waals surface area contributed by atoms with Crippen molar-refractivity contribution in [2.24, 2.45) is 0 Å². The van der Waals surface area contributed by atoms with E-state index in [1.807, 2.05) is 35.2 Å². The van der Waals surface area contributed by atoms with E-state index >= 15 is 0 Å². The first-order chi connectivity index (χ1) is 11.1. The van der Waals surface area contributed by atoms with Gasteiger partial charge in [0.1, 0.15) is 5.00 Å². The monoisotopic (exact) mass is 328 g/mol. The third-order valence-corrected chi connectivity index (χ3v) is 5.82. The second-order valence-electron chi connectivity index (χ2n) is 6.21. The number of unbranched alkanes of at least 4 members (excludes halogenated alkanes) is 1. The SMILES string of the molecule is CCCCN1Cc2c(sc(C)c2C)N(C(=O)c2ccccc2)C1. The maximum atomic E-state index is 13.0. The second kappa shape index (κ2) is 6.85. The Morgan fingerprint density at radius 3 is 2.65 bits per heavy atom. The van der Waals surface area contributed by atoms with E-state index in [9.17, 15) is 4.79 Å². The summed E-state index contributed by atoms with van der Waals surface area (Å²) < 4.78 is 0. The van der Waals surface area contributed by atoms with Crippen LogP contribution < -0.4 is 4.90 Å². The Labute approximate surface area is 142 Å². The lowest BCUT2D eigenvalue weighted by Crippen LogP contribution is -2.45. The maximum absolute atomic E-state index is 13.0. The van der Waals surface area contributed by atoms with Crippen LogP contribution in [0.2, 0.25) is 0 Å². The van der Waals surface area contributed by atoms with Gasteiger partial charge in [0.15, 0.2) is 0 Å². The molecule has 1 aromatic carbocycles. The molecule has 2 aromatic rings. The molecule has 1 aromatic heterocycles. The number of benzene rings is 1. The average Bonchev–Trinajstić information content (AvgIpc) is 2.87. The van der Waals surface area contributed by atoms with Crippen LogP contribution in [0.4, 0.5) is 5.00 Å². The molecule has 4 heteroatoms. The molecule has 1 aliphatic rings. The standard InChI is InChI=1S/C19H24N2OS/c1-4-5-11-20-12-17-14(2)15(3)23-19(17)21(13-20)18(22)16-9-7-6-8-10-16/h6-10H,4-5,11-13H2,1-3H3. The topological polar surface area (TPSA) is 23.6 Å². The number of hydrogen-bond acceptors (Lipinski definition) is 3. The summed E-state index contributed by atoms with van der Waals surface area (Å²) in [4.78, 5) is 18.7. The highest BCUT2D eigenvalue weighted by Crippen LogP contribution is 2.39. The van der Waals surface area contributed by atoms with Crippen molar-refractivity contribution < 1.29 is 4.79 Å². The van der Waals surface area contributed by atoms with Crippen LogP contribution in [0.3, 0.4) is 0 Å². The highest BCUT2D eigenvalue weighted by Gasteiger charge is 2.30. The summed E-state index contributed by atoms with van der Waals surface area (Å²) in [6.07, 6.45) is 2.35. The summed E-state index contributed by atoms with van der Waals surface area (Å²) in [5.74, 6) is 0.106. The molecule has 122 valence electrons. The van der Waals surface area contributed by atoms with E-state index in [0.29, 0.717) is 6.67 Å². The van der Waals surface area contributed by atoms with Crippen molar-refractivity contribution in [3.05, 3.63) is 51.9 Å². The van der Waals surface area contributed by atoms with Crippen molar-refractivity contribution >= 4 is 22.2 Å². The van der Waals surface area contributed by atoms with Crippen molar-refractivity contribution in [1.82, 2.24) is 4.90 Å². The molecule has 1 amide bonds. The minimum absolute atomic E-state index is 0.106. The number of carbonyl (C=O) groups is 1. The van der Waals surface area contributed by atoms with Crippen molar-refractivity contribution in [2.75, 3.05) is 18.1 Å². The molecule has 0 bridgehead atoms. The van der Waals surface area contributed by atoms with Crippen LogP contribution in [0.15, 0.2) is 30.3 Å². The number of thiophene rings is 1. The first-order valence-electron chi connectivity index (χ1n) is 8.30. The predicted octanol–water partition coefficient (Wildman–Crippen LogP) is 4.58. The van der Waals surface area contributed by atoms with Gasteiger partial charge in [-0.05, 0) is 38.0 Å². The molecular formula is C19H24N2OS. The number of aryl methyl sites for hydroxylation is 1. The first-order valence-corrected chi connectivity index (χ1v) is 9.11. The fourth-order valence-corrected chi connectivity index (χ4v) is 4.18. The Balaban J connectivity index is 1.95. The summed E-state index contributed by atoms with van der Waals surface area (Å²) in [6, 6.07) is 9.61. The molecule has 3 nitrogen and oxygen atoms in total. The van der Waals surface area contributed by atoms with Crippen LogP contribution in [0.1, 0.15) is 46.1 Å². The zero-order valence-electron chi connectivity index (χ0n) is 14.1. The summed E-state index contributed by atoms with van der Waals surface area (Å²) in [7, 11) is 0. The van der Waals surface area contributed by atoms with Gasteiger partial charge in [-0.25, -0.2) is 0 Å². The number of hydrogen-bond donors (Lipinski definition) is 0. The van der Waals surface area contributed by atoms with Crippen molar-refractivity contribution in [3.63, 3.8) is 0 Å². The van der Waals surface area contributed by atoms with Crippen LogP contribution in [0, 0.1) is 13.8 Å². The highest BCUT2D eigenvalue weighted by atomic mass is 32.1. The lowest BCUT2D eigenvalue weighted by molar-refractivity contribution is 0.0959. The average molecular weight is 328 g/mol. The van der Waals surface area contributed by atoms with Crippen LogP contribution >= 0.6 is 11.3 Å². The summed E-state index contributed by atoms with van der Waals surface area (Å²) in [5, 5.41) is 1.14. The molecule has 0 spiro atoms. The normalized spacial score (nSPS) is 14.8. The van der Waals surface area contributed by atoms with Gasteiger partial charge in [-0.1, -0.05) is 31.5 Å². The van der Waals surface area contributed by atoms with E-state index in [1.165, 1.54) is 28.8 Å². The van der Waals surface area contributed by atoms with Crippen molar-refractivity contribution in [1.29, 1.82) is 0 Å². The lowest BCUT2D eigenvalue weighted by Gasteiger charge is -2.35. The molecule has 0 unspecified atom stereocenters. The van der Waals surface area contributed by atoms with Gasteiger partial charge >= 0.3 is 0 Å². The van der Waals surface area contributed by atoms with Crippen molar-refractivity contribution in [2.45, 2.75) is 40.2 Å². The largest absolute Gasteiger partial charge is 0.286 e. The lowest BCUT2D eigenvalue weighted by atomic mass is 10.1. The van der Waals surface area contributed by atoms with Crippen LogP contribution in [-0.2, 0) is 6.54 Å². The fraction of sp³-hybridized carbons (Fsp3) is 0.421. The fourth-order valence-electron chi connectivity index (χ4n) is 3.02. The minimum atomic E-state index is 0.106. The number of carbonyl (C=O) groups excluding carboxylic acids is 1. The third kappa shape index (κ3) is 3.19. The molecule has 23 heavy (non-hydrogen) atoms. The smallest absolute Gasteiger partial charge is 0.260 e. The van der Waals surface area contributed by atoms with Gasteiger partial charge in [-0.3, -0.25) is 14.6 Å². The Morgan fingerprint density at radius 1 is 1.22 bits per heavy atom. The van der Waals surface area contributed by atoms with Gasteiger partial charge in [0.05, 0.1) is 6.67 Å². The quantitative estimate of drug-likeness (QED) is 0.820. The Bertz CT molecular complexity index is 693. The molecule has 0 atom stereocenters. The summed E-state index contributed by atoms with van der Waals surface area (Å²) in [6.45, 7) is 9.24. The van der Waals surface area contributed by atoms with E-state index in [-0.39, 0.29) is 5.91 Å². The van der Waals surface area contributed by atoms with E-state index in [4.69, 9.17) is 0 Å². The zero-order valence-corrected chi connectivity index (χ0v) is 14.9. The van der Waals surface area contributed by atoms with E-state index in [0.717, 1.165) is 23.7 Å². The van der Waals surface area contributed by atoms with E-state index < -0.39 is 0 Å². The van der Waals surface area contributed by atoms with Gasteiger partial charge in [0, 0.05) is 29.1 Å². The predicted molar refractivity (Wildman–Crippen MR) is 97.2 cm³/mol. The number of amides is 1. The van der Waals surface area contributed by atoms with Crippen LogP contribution in [0.5, 0.6) is 0 Å². The second-order valence-corrected chi connectivity index (χ2v) is 7.42. The van der Waals surface area contributed by atoms with Crippen molar-refractivity contribution in [3.8, 4) is 0 Å². The number of anilines is 1. The van der Waals surface area contributed by atoms with Crippen LogP contribution in [0.25, 0.3) is 0 Å². The number of rotatable bonds is 4. The molecule has 0 saturated heterocycles. The van der Waals surface area contributed by atoms with E-state index in [1.54, 1.807) is 11.3 Å². The molecule has 0 N–H and O–H groups in total. The third-order valence-electron chi connectivity index (χ3n) is 4.55. The molecule has 1 aliphatic heterocycles. The Morgan fingerprint density at radius 2 is 1.96 bits per heavy atom. The molecular weight excluding hydrogens is 304 g/mol. The number of fused-ring (bicyclic) bond motifs is 1. The maximum Gasteiger partial charge on any atom is 0.260 e. The van der Waals surface area contributed by atoms with Gasteiger partial charge in [-0.15, -0.1) is 11.3 Å².